The van der Waals surface area contributed by atoms with Gasteiger partial charge in [-0.05, 0) is 32.0 Å². The lowest BCUT2D eigenvalue weighted by molar-refractivity contribution is -0.130. The predicted octanol–water partition coefficient (Wildman–Crippen LogP) is 2.32. The van der Waals surface area contributed by atoms with Crippen LogP contribution in [0.2, 0.25) is 0 Å². The van der Waals surface area contributed by atoms with Crippen molar-refractivity contribution in [3.63, 3.8) is 0 Å². The van der Waals surface area contributed by atoms with Crippen LogP contribution in [0, 0.1) is 6.92 Å². The number of hydrogen-bond acceptors (Lipinski definition) is 3. The number of amides is 1. The largest absolute Gasteiger partial charge is 0.464 e. The molecule has 0 radical (unpaired) electrons. The van der Waals surface area contributed by atoms with Crippen LogP contribution < -0.4 is 5.32 Å². The first-order chi connectivity index (χ1) is 8.49. The number of aryl methyl sites for hydroxylation is 1. The maximum absolute atomic E-state index is 11.9. The van der Waals surface area contributed by atoms with Crippen molar-refractivity contribution >= 4 is 5.91 Å². The first kappa shape index (κ1) is 14.8. The van der Waals surface area contributed by atoms with Crippen molar-refractivity contribution in [3.05, 3.63) is 23.7 Å². The lowest BCUT2D eigenvalue weighted by atomic mass is 10.2. The fraction of sp³-hybridized carbons (Fsp3) is 0.643. The topological polar surface area (TPSA) is 45.5 Å². The summed E-state index contributed by atoms with van der Waals surface area (Å²) >= 11 is 0. The van der Waals surface area contributed by atoms with Gasteiger partial charge in [0, 0.05) is 19.5 Å². The number of carbonyl (C=O) groups is 1. The lowest BCUT2D eigenvalue weighted by Gasteiger charge is -2.16. The summed E-state index contributed by atoms with van der Waals surface area (Å²) in [5.41, 5.74) is 0. The molecule has 0 spiro atoms. The van der Waals surface area contributed by atoms with E-state index in [1.54, 1.807) is 4.90 Å². The molecule has 0 fully saturated rings. The average Bonchev–Trinajstić information content (AvgIpc) is 2.69. The van der Waals surface area contributed by atoms with Gasteiger partial charge in [0.1, 0.15) is 11.5 Å². The van der Waals surface area contributed by atoms with Crippen molar-refractivity contribution in [3.8, 4) is 0 Å². The quantitative estimate of drug-likeness (QED) is 0.758. The normalized spacial score (nSPS) is 10.9. The maximum atomic E-state index is 11.9. The number of furan rings is 1. The summed E-state index contributed by atoms with van der Waals surface area (Å²) in [6, 6.07) is 4.31. The SMILES string of the molecule is Cc1ccc(CN(C)C(=O)CCCNC(C)C)o1. The Bertz CT molecular complexity index is 372. The molecule has 0 atom stereocenters. The molecule has 1 aromatic rings. The summed E-state index contributed by atoms with van der Waals surface area (Å²) in [7, 11) is 1.82. The highest BCUT2D eigenvalue weighted by atomic mass is 16.3. The van der Waals surface area contributed by atoms with Gasteiger partial charge < -0.3 is 14.6 Å². The molecule has 1 amide bonds. The first-order valence-corrected chi connectivity index (χ1v) is 6.51. The molecule has 1 aromatic heterocycles. The maximum Gasteiger partial charge on any atom is 0.222 e. The Morgan fingerprint density at radius 2 is 2.17 bits per heavy atom. The Morgan fingerprint density at radius 1 is 1.44 bits per heavy atom. The van der Waals surface area contributed by atoms with E-state index in [1.165, 1.54) is 0 Å². The van der Waals surface area contributed by atoms with E-state index < -0.39 is 0 Å². The van der Waals surface area contributed by atoms with Gasteiger partial charge in [-0.25, -0.2) is 0 Å². The third kappa shape index (κ3) is 5.36. The molecule has 1 N–H and O–H groups in total. The van der Waals surface area contributed by atoms with Crippen molar-refractivity contribution < 1.29 is 9.21 Å². The molecule has 0 aliphatic heterocycles. The highest BCUT2D eigenvalue weighted by molar-refractivity contribution is 5.75. The van der Waals surface area contributed by atoms with E-state index in [0.717, 1.165) is 24.5 Å². The van der Waals surface area contributed by atoms with Gasteiger partial charge >= 0.3 is 0 Å². The van der Waals surface area contributed by atoms with Crippen LogP contribution >= 0.6 is 0 Å². The van der Waals surface area contributed by atoms with Crippen LogP contribution in [-0.2, 0) is 11.3 Å². The van der Waals surface area contributed by atoms with Crippen LogP contribution in [0.15, 0.2) is 16.5 Å². The Balaban J connectivity index is 2.24. The Hall–Kier alpha value is -1.29. The van der Waals surface area contributed by atoms with Crippen LogP contribution in [0.5, 0.6) is 0 Å². The molecule has 102 valence electrons. The molecule has 0 aromatic carbocycles. The van der Waals surface area contributed by atoms with Gasteiger partial charge in [0.15, 0.2) is 0 Å². The third-order valence-electron chi connectivity index (χ3n) is 2.73. The zero-order valence-corrected chi connectivity index (χ0v) is 11.8. The molecule has 0 aliphatic rings. The van der Waals surface area contributed by atoms with Gasteiger partial charge in [0.2, 0.25) is 5.91 Å². The molecular formula is C14H24N2O2. The number of nitrogens with one attached hydrogen (secondary N) is 1. The van der Waals surface area contributed by atoms with Gasteiger partial charge in [-0.15, -0.1) is 0 Å². The monoisotopic (exact) mass is 252 g/mol. The molecule has 4 heteroatoms. The van der Waals surface area contributed by atoms with Crippen molar-refractivity contribution in [1.82, 2.24) is 10.2 Å². The third-order valence-corrected chi connectivity index (χ3v) is 2.73. The van der Waals surface area contributed by atoms with E-state index in [9.17, 15) is 4.79 Å². The van der Waals surface area contributed by atoms with Crippen LogP contribution in [0.4, 0.5) is 0 Å². The number of carbonyl (C=O) groups excluding carboxylic acids is 1. The van der Waals surface area contributed by atoms with E-state index in [2.05, 4.69) is 19.2 Å². The predicted molar refractivity (Wildman–Crippen MR) is 72.3 cm³/mol. The molecule has 1 rings (SSSR count). The lowest BCUT2D eigenvalue weighted by Crippen LogP contribution is -2.28. The summed E-state index contributed by atoms with van der Waals surface area (Å²) in [6.45, 7) is 7.55. The van der Waals surface area contributed by atoms with Gasteiger partial charge in [-0.3, -0.25) is 4.79 Å². The second-order valence-electron chi connectivity index (χ2n) is 4.97. The summed E-state index contributed by atoms with van der Waals surface area (Å²) in [6.07, 6.45) is 1.45. The highest BCUT2D eigenvalue weighted by Gasteiger charge is 2.10. The summed E-state index contributed by atoms with van der Waals surface area (Å²) in [4.78, 5) is 13.6. The molecule has 4 nitrogen and oxygen atoms in total. The van der Waals surface area contributed by atoms with Crippen LogP contribution in [0.1, 0.15) is 38.2 Å². The first-order valence-electron chi connectivity index (χ1n) is 6.51. The molecular weight excluding hydrogens is 228 g/mol. The molecule has 0 saturated carbocycles. The van der Waals surface area contributed by atoms with E-state index in [-0.39, 0.29) is 5.91 Å². The van der Waals surface area contributed by atoms with E-state index in [4.69, 9.17) is 4.42 Å². The number of nitrogens with zero attached hydrogens (tertiary/aromatic N) is 1. The zero-order valence-electron chi connectivity index (χ0n) is 11.8. The highest BCUT2D eigenvalue weighted by Crippen LogP contribution is 2.09. The minimum absolute atomic E-state index is 0.162. The standard InChI is InChI=1S/C14H24N2O2/c1-11(2)15-9-5-6-14(17)16(4)10-13-8-7-12(3)18-13/h7-8,11,15H,5-6,9-10H2,1-4H3. The van der Waals surface area contributed by atoms with Crippen LogP contribution in [-0.4, -0.2) is 30.4 Å². The second kappa shape index (κ2) is 7.21. The van der Waals surface area contributed by atoms with Gasteiger partial charge in [0.05, 0.1) is 6.54 Å². The Kier molecular flexibility index (Phi) is 5.92. The van der Waals surface area contributed by atoms with Crippen molar-refractivity contribution in [2.24, 2.45) is 0 Å². The molecule has 0 unspecified atom stereocenters. The molecule has 1 heterocycles. The summed E-state index contributed by atoms with van der Waals surface area (Å²) in [5, 5.41) is 3.30. The summed E-state index contributed by atoms with van der Waals surface area (Å²) < 4.78 is 5.46. The average molecular weight is 252 g/mol. The minimum atomic E-state index is 0.162. The van der Waals surface area contributed by atoms with E-state index >= 15 is 0 Å². The van der Waals surface area contributed by atoms with Crippen molar-refractivity contribution in [2.75, 3.05) is 13.6 Å². The van der Waals surface area contributed by atoms with Gasteiger partial charge in [-0.2, -0.15) is 0 Å². The number of hydrogen-bond donors (Lipinski definition) is 1. The smallest absolute Gasteiger partial charge is 0.222 e. The number of rotatable bonds is 7. The summed E-state index contributed by atoms with van der Waals surface area (Å²) in [5.74, 6) is 1.88. The van der Waals surface area contributed by atoms with E-state index in [0.29, 0.717) is 19.0 Å². The van der Waals surface area contributed by atoms with E-state index in [1.807, 2.05) is 26.1 Å². The van der Waals surface area contributed by atoms with Crippen LogP contribution in [0.25, 0.3) is 0 Å². The Morgan fingerprint density at radius 3 is 2.72 bits per heavy atom. The molecule has 0 bridgehead atoms. The Labute approximate surface area is 109 Å². The van der Waals surface area contributed by atoms with Crippen molar-refractivity contribution in [1.29, 1.82) is 0 Å². The minimum Gasteiger partial charge on any atom is -0.464 e. The molecule has 18 heavy (non-hydrogen) atoms. The fourth-order valence-electron chi connectivity index (χ4n) is 1.71. The van der Waals surface area contributed by atoms with Gasteiger partial charge in [-0.1, -0.05) is 13.8 Å². The fourth-order valence-corrected chi connectivity index (χ4v) is 1.71. The van der Waals surface area contributed by atoms with Crippen LogP contribution in [0.3, 0.4) is 0 Å². The zero-order chi connectivity index (χ0) is 13.5. The molecule has 0 saturated heterocycles. The van der Waals surface area contributed by atoms with Gasteiger partial charge in [0.25, 0.3) is 0 Å². The molecule has 0 aliphatic carbocycles. The van der Waals surface area contributed by atoms with Crippen molar-refractivity contribution in [2.45, 2.75) is 46.2 Å². The second-order valence-corrected chi connectivity index (χ2v) is 4.97.